The number of rotatable bonds is 6. The number of benzene rings is 2. The summed E-state index contributed by atoms with van der Waals surface area (Å²) in [5.74, 6) is 0.169. The van der Waals surface area contributed by atoms with E-state index in [1.165, 1.54) is 30.5 Å². The molecular weight excluding hydrogens is 374 g/mol. The third kappa shape index (κ3) is 4.85. The van der Waals surface area contributed by atoms with E-state index in [-0.39, 0.29) is 11.9 Å². The molecule has 1 atom stereocenters. The molecule has 5 heteroatoms. The van der Waals surface area contributed by atoms with Gasteiger partial charge in [-0.3, -0.25) is 9.69 Å². The van der Waals surface area contributed by atoms with Crippen molar-refractivity contribution in [3.63, 3.8) is 0 Å². The Hall–Kier alpha value is -2.37. The van der Waals surface area contributed by atoms with Crippen LogP contribution in [0, 0.1) is 0 Å². The Balaban J connectivity index is 1.58. The van der Waals surface area contributed by atoms with Gasteiger partial charge in [0.05, 0.1) is 13.2 Å². The molecule has 30 heavy (non-hydrogen) atoms. The van der Waals surface area contributed by atoms with Gasteiger partial charge in [-0.05, 0) is 43.5 Å². The van der Waals surface area contributed by atoms with Gasteiger partial charge in [-0.25, -0.2) is 0 Å². The van der Waals surface area contributed by atoms with Crippen LogP contribution in [0.5, 0.6) is 0 Å². The number of carbonyl (C=O) groups is 1. The molecule has 2 aliphatic heterocycles. The van der Waals surface area contributed by atoms with Crippen molar-refractivity contribution in [1.82, 2.24) is 9.80 Å². The minimum atomic E-state index is -0.293. The van der Waals surface area contributed by atoms with Crippen molar-refractivity contribution in [2.45, 2.75) is 31.8 Å². The first-order chi connectivity index (χ1) is 14.7. The Morgan fingerprint density at radius 3 is 2.33 bits per heavy atom. The zero-order valence-electron chi connectivity index (χ0n) is 18.0. The fourth-order valence-corrected chi connectivity index (χ4v) is 4.63. The van der Waals surface area contributed by atoms with Gasteiger partial charge in [0.15, 0.2) is 0 Å². The van der Waals surface area contributed by atoms with Gasteiger partial charge in [-0.1, -0.05) is 48.5 Å². The van der Waals surface area contributed by atoms with E-state index in [9.17, 15) is 4.79 Å². The van der Waals surface area contributed by atoms with E-state index in [2.05, 4.69) is 53.2 Å². The van der Waals surface area contributed by atoms with Crippen molar-refractivity contribution < 1.29 is 9.53 Å². The maximum atomic E-state index is 13.5. The van der Waals surface area contributed by atoms with E-state index in [0.717, 1.165) is 25.2 Å². The van der Waals surface area contributed by atoms with E-state index < -0.39 is 0 Å². The highest BCUT2D eigenvalue weighted by Crippen LogP contribution is 2.29. The van der Waals surface area contributed by atoms with Gasteiger partial charge in [0.1, 0.15) is 6.04 Å². The van der Waals surface area contributed by atoms with Gasteiger partial charge in [0, 0.05) is 38.4 Å². The van der Waals surface area contributed by atoms with Gasteiger partial charge >= 0.3 is 0 Å². The first-order valence-electron chi connectivity index (χ1n) is 11.2. The lowest BCUT2D eigenvalue weighted by molar-refractivity contribution is -0.141. The standard InChI is InChI=1S/C25H33N3O2/c1-26(20-22-12-6-7-13-23(22)27-14-8-3-9-15-27)24(21-10-4-2-5-11-21)25(29)28-16-18-30-19-17-28/h2,4-7,10-13,24H,3,8-9,14-20H2,1H3. The van der Waals surface area contributed by atoms with Crippen molar-refractivity contribution in [1.29, 1.82) is 0 Å². The van der Waals surface area contributed by atoms with Crippen LogP contribution in [0.2, 0.25) is 0 Å². The van der Waals surface area contributed by atoms with E-state index in [1.54, 1.807) is 0 Å². The summed E-state index contributed by atoms with van der Waals surface area (Å²) in [5.41, 5.74) is 3.65. The quantitative estimate of drug-likeness (QED) is 0.731. The third-order valence-corrected chi connectivity index (χ3v) is 6.22. The highest BCUT2D eigenvalue weighted by molar-refractivity contribution is 5.83. The Labute approximate surface area is 180 Å². The largest absolute Gasteiger partial charge is 0.378 e. The number of morpholine rings is 1. The van der Waals surface area contributed by atoms with Crippen molar-refractivity contribution in [3.05, 3.63) is 65.7 Å². The summed E-state index contributed by atoms with van der Waals surface area (Å²) < 4.78 is 5.46. The first-order valence-corrected chi connectivity index (χ1v) is 11.2. The SMILES string of the molecule is CN(Cc1ccccc1N1CCCCC1)C(C(=O)N1CCOCC1)c1ccccc1. The number of nitrogens with zero attached hydrogens (tertiary/aromatic N) is 3. The smallest absolute Gasteiger partial charge is 0.244 e. The molecule has 1 unspecified atom stereocenters. The third-order valence-electron chi connectivity index (χ3n) is 6.22. The molecule has 160 valence electrons. The van der Waals surface area contributed by atoms with Crippen LogP contribution in [-0.4, -0.2) is 62.1 Å². The van der Waals surface area contributed by atoms with Crippen LogP contribution in [0.15, 0.2) is 54.6 Å². The molecule has 0 aliphatic carbocycles. The number of likely N-dealkylation sites (N-methyl/N-ethyl adjacent to an activating group) is 1. The predicted octanol–water partition coefficient (Wildman–Crippen LogP) is 3.71. The average Bonchev–Trinajstić information content (AvgIpc) is 2.81. The summed E-state index contributed by atoms with van der Waals surface area (Å²) in [4.78, 5) is 20.2. The van der Waals surface area contributed by atoms with Gasteiger partial charge in [-0.2, -0.15) is 0 Å². The number of hydrogen-bond donors (Lipinski definition) is 0. The van der Waals surface area contributed by atoms with Crippen molar-refractivity contribution >= 4 is 11.6 Å². The van der Waals surface area contributed by atoms with E-state index in [0.29, 0.717) is 26.3 Å². The van der Waals surface area contributed by atoms with Crippen LogP contribution in [0.25, 0.3) is 0 Å². The summed E-state index contributed by atoms with van der Waals surface area (Å²) in [6.07, 6.45) is 3.83. The van der Waals surface area contributed by atoms with E-state index in [4.69, 9.17) is 4.74 Å². The van der Waals surface area contributed by atoms with Crippen LogP contribution in [0.4, 0.5) is 5.69 Å². The molecule has 0 spiro atoms. The number of amides is 1. The highest BCUT2D eigenvalue weighted by atomic mass is 16.5. The molecule has 2 aromatic rings. The maximum absolute atomic E-state index is 13.5. The molecule has 2 aromatic carbocycles. The molecule has 0 radical (unpaired) electrons. The number of carbonyl (C=O) groups excluding carboxylic acids is 1. The number of piperidine rings is 1. The molecular formula is C25H33N3O2. The minimum Gasteiger partial charge on any atom is -0.378 e. The van der Waals surface area contributed by atoms with Crippen LogP contribution in [0.1, 0.15) is 36.4 Å². The second-order valence-electron chi connectivity index (χ2n) is 8.34. The van der Waals surface area contributed by atoms with E-state index >= 15 is 0 Å². The summed E-state index contributed by atoms with van der Waals surface area (Å²) in [6, 6.07) is 18.6. The molecule has 4 rings (SSSR count). The summed E-state index contributed by atoms with van der Waals surface area (Å²) in [7, 11) is 2.07. The van der Waals surface area contributed by atoms with Crippen LogP contribution >= 0.6 is 0 Å². The Morgan fingerprint density at radius 1 is 0.933 bits per heavy atom. The van der Waals surface area contributed by atoms with Crippen molar-refractivity contribution in [2.75, 3.05) is 51.3 Å². The molecule has 0 N–H and O–H groups in total. The average molecular weight is 408 g/mol. The lowest BCUT2D eigenvalue weighted by Gasteiger charge is -2.36. The molecule has 1 amide bonds. The summed E-state index contributed by atoms with van der Waals surface area (Å²) in [5, 5.41) is 0. The molecule has 5 nitrogen and oxygen atoms in total. The van der Waals surface area contributed by atoms with Gasteiger partial charge in [0.2, 0.25) is 5.91 Å². The number of para-hydroxylation sites is 1. The maximum Gasteiger partial charge on any atom is 0.244 e. The predicted molar refractivity (Wildman–Crippen MR) is 121 cm³/mol. The van der Waals surface area contributed by atoms with Crippen molar-refractivity contribution in [3.8, 4) is 0 Å². The molecule has 0 aromatic heterocycles. The van der Waals surface area contributed by atoms with E-state index in [1.807, 2.05) is 23.1 Å². The van der Waals surface area contributed by atoms with Gasteiger partial charge in [0.25, 0.3) is 0 Å². The molecule has 0 bridgehead atoms. The molecule has 2 saturated heterocycles. The van der Waals surface area contributed by atoms with Crippen LogP contribution in [-0.2, 0) is 16.1 Å². The normalized spacial score (nSPS) is 18.5. The fraction of sp³-hybridized carbons (Fsp3) is 0.480. The van der Waals surface area contributed by atoms with Gasteiger partial charge < -0.3 is 14.5 Å². The minimum absolute atomic E-state index is 0.169. The lowest BCUT2D eigenvalue weighted by atomic mass is 10.0. The second-order valence-corrected chi connectivity index (χ2v) is 8.34. The number of anilines is 1. The summed E-state index contributed by atoms with van der Waals surface area (Å²) in [6.45, 7) is 5.55. The topological polar surface area (TPSA) is 36.0 Å². The van der Waals surface area contributed by atoms with Gasteiger partial charge in [-0.15, -0.1) is 0 Å². The lowest BCUT2D eigenvalue weighted by Crippen LogP contribution is -2.46. The zero-order valence-corrected chi connectivity index (χ0v) is 18.0. The fourth-order valence-electron chi connectivity index (χ4n) is 4.63. The monoisotopic (exact) mass is 407 g/mol. The Morgan fingerprint density at radius 2 is 1.60 bits per heavy atom. The molecule has 2 fully saturated rings. The molecule has 2 heterocycles. The second kappa shape index (κ2) is 10.1. The van der Waals surface area contributed by atoms with Crippen LogP contribution < -0.4 is 4.90 Å². The molecule has 0 saturated carbocycles. The number of ether oxygens (including phenoxy) is 1. The summed E-state index contributed by atoms with van der Waals surface area (Å²) >= 11 is 0. The van der Waals surface area contributed by atoms with Crippen LogP contribution in [0.3, 0.4) is 0 Å². The van der Waals surface area contributed by atoms with Crippen molar-refractivity contribution in [2.24, 2.45) is 0 Å². The molecule has 2 aliphatic rings. The highest BCUT2D eigenvalue weighted by Gasteiger charge is 2.31. The Kier molecular flexibility index (Phi) is 7.03. The first kappa shape index (κ1) is 20.9. The zero-order chi connectivity index (χ0) is 20.8. The number of hydrogen-bond acceptors (Lipinski definition) is 4. The Bertz CT molecular complexity index is 814.